The van der Waals surface area contributed by atoms with Gasteiger partial charge in [-0.25, -0.2) is 13.1 Å². The van der Waals surface area contributed by atoms with Crippen LogP contribution in [0.15, 0.2) is 40.2 Å². The fourth-order valence-electron chi connectivity index (χ4n) is 2.03. The number of hydrogen-bond donors (Lipinski definition) is 3. The predicted octanol–water partition coefficient (Wildman–Crippen LogP) is 2.33. The molecule has 0 aliphatic heterocycles. The van der Waals surface area contributed by atoms with Crippen LogP contribution in [-0.4, -0.2) is 41.1 Å². The van der Waals surface area contributed by atoms with Crippen molar-refractivity contribution in [1.82, 2.24) is 15.4 Å². The number of rotatable bonds is 10. The molecular weight excluding hydrogens is 439 g/mol. The van der Waals surface area contributed by atoms with Crippen molar-refractivity contribution in [3.05, 3.63) is 30.3 Å². The lowest BCUT2D eigenvalue weighted by Gasteiger charge is -2.12. The molecule has 1 rings (SSSR count). The minimum absolute atomic E-state index is 0. The third-order valence-electron chi connectivity index (χ3n) is 3.31. The van der Waals surface area contributed by atoms with Crippen LogP contribution >= 0.6 is 24.0 Å². The standard InChI is InChI=1S/C16H28N4O2S.HI/c1-3-4-5-9-12-18-16(17-2)19-13-14-20-23(21,22)15-10-7-6-8-11-15;/h6-8,10-11,20H,3-5,9,12-14H2,1-2H3,(H2,17,18,19);1H. The molecule has 0 heterocycles. The highest BCUT2D eigenvalue weighted by Crippen LogP contribution is 2.06. The number of aliphatic imine (C=N–C) groups is 1. The Morgan fingerprint density at radius 3 is 2.29 bits per heavy atom. The summed E-state index contributed by atoms with van der Waals surface area (Å²) in [6.07, 6.45) is 4.77. The number of guanidine groups is 1. The summed E-state index contributed by atoms with van der Waals surface area (Å²) in [6.45, 7) is 3.83. The maximum atomic E-state index is 12.0. The van der Waals surface area contributed by atoms with Gasteiger partial charge in [-0.15, -0.1) is 24.0 Å². The van der Waals surface area contributed by atoms with Gasteiger partial charge in [-0.2, -0.15) is 0 Å². The van der Waals surface area contributed by atoms with Crippen LogP contribution in [0.2, 0.25) is 0 Å². The van der Waals surface area contributed by atoms with Crippen molar-refractivity contribution in [3.8, 4) is 0 Å². The molecule has 1 aromatic carbocycles. The molecule has 0 aliphatic carbocycles. The number of sulfonamides is 1. The summed E-state index contributed by atoms with van der Waals surface area (Å²) in [5.41, 5.74) is 0. The number of nitrogens with zero attached hydrogens (tertiary/aromatic N) is 1. The summed E-state index contributed by atoms with van der Waals surface area (Å²) >= 11 is 0. The molecule has 0 saturated carbocycles. The lowest BCUT2D eigenvalue weighted by atomic mass is 10.2. The molecule has 138 valence electrons. The van der Waals surface area contributed by atoms with E-state index in [9.17, 15) is 8.42 Å². The highest BCUT2D eigenvalue weighted by molar-refractivity contribution is 14.0. The molecule has 0 unspecified atom stereocenters. The molecule has 8 heteroatoms. The van der Waals surface area contributed by atoms with Gasteiger partial charge < -0.3 is 10.6 Å². The third kappa shape index (κ3) is 9.43. The maximum absolute atomic E-state index is 12.0. The summed E-state index contributed by atoms with van der Waals surface area (Å²) in [5.74, 6) is 0.695. The zero-order chi connectivity index (χ0) is 17.0. The van der Waals surface area contributed by atoms with Gasteiger partial charge in [-0.1, -0.05) is 44.4 Å². The first-order chi connectivity index (χ1) is 11.1. The van der Waals surface area contributed by atoms with Crippen molar-refractivity contribution in [2.75, 3.05) is 26.7 Å². The molecule has 0 bridgehead atoms. The molecule has 0 fully saturated rings. The van der Waals surface area contributed by atoms with Crippen LogP contribution in [0.4, 0.5) is 0 Å². The minimum Gasteiger partial charge on any atom is -0.356 e. The minimum atomic E-state index is -3.44. The van der Waals surface area contributed by atoms with Gasteiger partial charge in [0, 0.05) is 26.7 Å². The average Bonchev–Trinajstić information content (AvgIpc) is 2.57. The first-order valence-corrected chi connectivity index (χ1v) is 9.57. The van der Waals surface area contributed by atoms with E-state index in [-0.39, 0.29) is 28.9 Å². The highest BCUT2D eigenvalue weighted by atomic mass is 127. The molecule has 24 heavy (non-hydrogen) atoms. The Bertz CT molecular complexity index is 565. The quantitative estimate of drug-likeness (QED) is 0.213. The van der Waals surface area contributed by atoms with Crippen molar-refractivity contribution >= 4 is 40.0 Å². The molecule has 0 aliphatic rings. The van der Waals surface area contributed by atoms with Crippen LogP contribution in [0, 0.1) is 0 Å². The zero-order valence-electron chi connectivity index (χ0n) is 14.4. The van der Waals surface area contributed by atoms with E-state index < -0.39 is 10.0 Å². The second-order valence-electron chi connectivity index (χ2n) is 5.20. The van der Waals surface area contributed by atoms with Crippen molar-refractivity contribution in [2.45, 2.75) is 37.5 Å². The first kappa shape index (κ1) is 23.1. The molecule has 1 aromatic rings. The molecule has 0 aromatic heterocycles. The Balaban J connectivity index is 0.00000529. The molecular formula is C16H29IN4O2S. The SMILES string of the molecule is CCCCCCNC(=NC)NCCNS(=O)(=O)c1ccccc1.I. The Labute approximate surface area is 163 Å². The average molecular weight is 468 g/mol. The van der Waals surface area contributed by atoms with Crippen molar-refractivity contribution in [1.29, 1.82) is 0 Å². The van der Waals surface area contributed by atoms with E-state index in [1.54, 1.807) is 37.4 Å². The van der Waals surface area contributed by atoms with Crippen molar-refractivity contribution < 1.29 is 8.42 Å². The number of unbranched alkanes of at least 4 members (excludes halogenated alkanes) is 3. The normalized spacial score (nSPS) is 11.7. The van der Waals surface area contributed by atoms with Crippen LogP contribution in [0.5, 0.6) is 0 Å². The number of nitrogens with one attached hydrogen (secondary N) is 3. The van der Waals surface area contributed by atoms with Crippen LogP contribution < -0.4 is 15.4 Å². The smallest absolute Gasteiger partial charge is 0.240 e. The number of benzene rings is 1. The fraction of sp³-hybridized carbons (Fsp3) is 0.562. The van der Waals surface area contributed by atoms with E-state index in [4.69, 9.17) is 0 Å². The van der Waals surface area contributed by atoms with E-state index in [0.717, 1.165) is 13.0 Å². The molecule has 0 amide bonds. The van der Waals surface area contributed by atoms with Crippen LogP contribution in [0.3, 0.4) is 0 Å². The Morgan fingerprint density at radius 2 is 1.67 bits per heavy atom. The van der Waals surface area contributed by atoms with E-state index in [1.165, 1.54) is 19.3 Å². The summed E-state index contributed by atoms with van der Waals surface area (Å²) in [5, 5.41) is 6.32. The number of halogens is 1. The molecule has 0 radical (unpaired) electrons. The first-order valence-electron chi connectivity index (χ1n) is 8.09. The molecule has 0 spiro atoms. The van der Waals surface area contributed by atoms with Gasteiger partial charge in [-0.3, -0.25) is 4.99 Å². The Hall–Kier alpha value is -0.870. The van der Waals surface area contributed by atoms with Gasteiger partial charge in [0.25, 0.3) is 0 Å². The summed E-state index contributed by atoms with van der Waals surface area (Å²) in [4.78, 5) is 4.39. The molecule has 3 N–H and O–H groups in total. The summed E-state index contributed by atoms with van der Waals surface area (Å²) < 4.78 is 26.6. The van der Waals surface area contributed by atoms with Gasteiger partial charge >= 0.3 is 0 Å². The lowest BCUT2D eigenvalue weighted by Crippen LogP contribution is -2.41. The Kier molecular flexibility index (Phi) is 12.9. The summed E-state index contributed by atoms with van der Waals surface area (Å²) in [7, 11) is -1.74. The lowest BCUT2D eigenvalue weighted by molar-refractivity contribution is 0.580. The van der Waals surface area contributed by atoms with Crippen LogP contribution in [0.1, 0.15) is 32.6 Å². The fourth-order valence-corrected chi connectivity index (χ4v) is 3.08. The van der Waals surface area contributed by atoms with E-state index >= 15 is 0 Å². The number of hydrogen-bond acceptors (Lipinski definition) is 3. The predicted molar refractivity (Wildman–Crippen MR) is 111 cm³/mol. The van der Waals surface area contributed by atoms with Crippen LogP contribution in [0.25, 0.3) is 0 Å². The second kappa shape index (κ2) is 13.4. The largest absolute Gasteiger partial charge is 0.356 e. The third-order valence-corrected chi connectivity index (χ3v) is 4.79. The van der Waals surface area contributed by atoms with Gasteiger partial charge in [0.15, 0.2) is 5.96 Å². The van der Waals surface area contributed by atoms with Gasteiger partial charge in [0.1, 0.15) is 0 Å². The van der Waals surface area contributed by atoms with E-state index in [1.807, 2.05) is 0 Å². The van der Waals surface area contributed by atoms with Crippen molar-refractivity contribution in [2.24, 2.45) is 4.99 Å². The molecule has 0 atom stereocenters. The Morgan fingerprint density at radius 1 is 1.00 bits per heavy atom. The van der Waals surface area contributed by atoms with Gasteiger partial charge in [0.2, 0.25) is 10.0 Å². The zero-order valence-corrected chi connectivity index (χ0v) is 17.6. The van der Waals surface area contributed by atoms with E-state index in [2.05, 4.69) is 27.3 Å². The summed E-state index contributed by atoms with van der Waals surface area (Å²) in [6, 6.07) is 8.35. The molecule has 0 saturated heterocycles. The monoisotopic (exact) mass is 468 g/mol. The van der Waals surface area contributed by atoms with Gasteiger partial charge in [0.05, 0.1) is 4.90 Å². The van der Waals surface area contributed by atoms with Crippen LogP contribution in [-0.2, 0) is 10.0 Å². The van der Waals surface area contributed by atoms with Crippen molar-refractivity contribution in [3.63, 3.8) is 0 Å². The highest BCUT2D eigenvalue weighted by Gasteiger charge is 2.11. The van der Waals surface area contributed by atoms with E-state index in [0.29, 0.717) is 19.0 Å². The van der Waals surface area contributed by atoms with Gasteiger partial charge in [-0.05, 0) is 18.6 Å². The topological polar surface area (TPSA) is 82.6 Å². The second-order valence-corrected chi connectivity index (χ2v) is 6.96. The molecule has 6 nitrogen and oxygen atoms in total. The maximum Gasteiger partial charge on any atom is 0.240 e.